The fourth-order valence-electron chi connectivity index (χ4n) is 2.97. The average Bonchev–Trinajstić information content (AvgIpc) is 3.19. The van der Waals surface area contributed by atoms with Crippen molar-refractivity contribution in [2.75, 3.05) is 13.2 Å². The van der Waals surface area contributed by atoms with E-state index in [9.17, 15) is 14.4 Å². The molecular formula is C23H22N2O4. The third-order valence-electron chi connectivity index (χ3n) is 4.48. The highest BCUT2D eigenvalue weighted by molar-refractivity contribution is 6.09. The zero-order chi connectivity index (χ0) is 20.6. The zero-order valence-electron chi connectivity index (χ0n) is 16.1. The fraction of sp³-hybridized carbons (Fsp3) is 0.174. The lowest BCUT2D eigenvalue weighted by Crippen LogP contribution is -2.30. The number of aryl methyl sites for hydroxylation is 1. The van der Waals surface area contributed by atoms with Crippen molar-refractivity contribution in [2.24, 2.45) is 0 Å². The van der Waals surface area contributed by atoms with Crippen LogP contribution in [-0.4, -0.2) is 35.8 Å². The summed E-state index contributed by atoms with van der Waals surface area (Å²) < 4.78 is 5.01. The highest BCUT2D eigenvalue weighted by Crippen LogP contribution is 2.22. The number of benzene rings is 2. The van der Waals surface area contributed by atoms with Crippen molar-refractivity contribution in [1.82, 2.24) is 10.3 Å². The summed E-state index contributed by atoms with van der Waals surface area (Å²) >= 11 is 0. The molecule has 6 nitrogen and oxygen atoms in total. The van der Waals surface area contributed by atoms with E-state index in [1.807, 2.05) is 55.5 Å². The maximum absolute atomic E-state index is 12.4. The minimum atomic E-state index is -0.672. The maximum Gasteiger partial charge on any atom is 0.325 e. The third kappa shape index (κ3) is 5.19. The Morgan fingerprint density at radius 2 is 1.86 bits per heavy atom. The number of Topliss-reactive ketones (excluding diaryl/α,β-unsaturated/α-hetero) is 1. The molecule has 0 fully saturated rings. The molecule has 29 heavy (non-hydrogen) atoms. The molecule has 0 bridgehead atoms. The smallest absolute Gasteiger partial charge is 0.325 e. The summed E-state index contributed by atoms with van der Waals surface area (Å²) in [4.78, 5) is 39.2. The average molecular weight is 390 g/mol. The number of carbonyl (C=O) groups is 3. The van der Waals surface area contributed by atoms with Gasteiger partial charge in [0.05, 0.1) is 0 Å². The summed E-state index contributed by atoms with van der Waals surface area (Å²) in [6.45, 7) is 1.36. The standard InChI is InChI=1S/C23H22N2O4/c1-2-17-9-6-10-18-19(13-25-23(17)18)20(26)15-29-22(28)14-24-21(27)12-11-16-7-4-3-5-8-16/h3-13,25H,2,14-15H2,1H3,(H,24,27)/b12-11+. The van der Waals surface area contributed by atoms with Crippen LogP contribution >= 0.6 is 0 Å². The normalized spacial score (nSPS) is 10.9. The minimum absolute atomic E-state index is 0.298. The second kappa shape index (κ2) is 9.50. The van der Waals surface area contributed by atoms with Gasteiger partial charge in [0.25, 0.3) is 0 Å². The van der Waals surface area contributed by atoms with Crippen LogP contribution in [0.4, 0.5) is 0 Å². The summed E-state index contributed by atoms with van der Waals surface area (Å²) in [5.41, 5.74) is 3.39. The van der Waals surface area contributed by atoms with Gasteiger partial charge in [0, 0.05) is 28.7 Å². The number of aromatic amines is 1. The summed E-state index contributed by atoms with van der Waals surface area (Å²) in [6.07, 6.45) is 5.46. The van der Waals surface area contributed by atoms with Gasteiger partial charge in [-0.15, -0.1) is 0 Å². The van der Waals surface area contributed by atoms with Crippen molar-refractivity contribution in [3.63, 3.8) is 0 Å². The first-order chi connectivity index (χ1) is 14.1. The molecule has 1 heterocycles. The molecule has 0 saturated carbocycles. The maximum atomic E-state index is 12.4. The Labute approximate surface area is 168 Å². The first kappa shape index (κ1) is 20.1. The molecule has 2 N–H and O–H groups in total. The van der Waals surface area contributed by atoms with Crippen molar-refractivity contribution >= 4 is 34.6 Å². The number of nitrogens with one attached hydrogen (secondary N) is 2. The molecule has 1 aromatic heterocycles. The second-order valence-electron chi connectivity index (χ2n) is 6.44. The Hall–Kier alpha value is -3.67. The van der Waals surface area contributed by atoms with E-state index < -0.39 is 11.9 Å². The Bertz CT molecular complexity index is 1050. The van der Waals surface area contributed by atoms with Gasteiger partial charge in [0.1, 0.15) is 6.54 Å². The van der Waals surface area contributed by atoms with Gasteiger partial charge in [-0.2, -0.15) is 0 Å². The minimum Gasteiger partial charge on any atom is -0.456 e. The molecule has 3 aromatic rings. The Balaban J connectivity index is 1.49. The predicted octanol–water partition coefficient (Wildman–Crippen LogP) is 3.29. The second-order valence-corrected chi connectivity index (χ2v) is 6.44. The number of hydrogen-bond donors (Lipinski definition) is 2. The van der Waals surface area contributed by atoms with Crippen LogP contribution in [0.25, 0.3) is 17.0 Å². The van der Waals surface area contributed by atoms with E-state index in [1.54, 1.807) is 12.3 Å². The number of amides is 1. The van der Waals surface area contributed by atoms with E-state index in [-0.39, 0.29) is 18.9 Å². The lowest BCUT2D eigenvalue weighted by molar-refractivity contribution is -0.142. The van der Waals surface area contributed by atoms with Crippen LogP contribution in [0.15, 0.2) is 60.8 Å². The van der Waals surface area contributed by atoms with Crippen LogP contribution in [0.1, 0.15) is 28.4 Å². The van der Waals surface area contributed by atoms with Crippen LogP contribution in [0.2, 0.25) is 0 Å². The summed E-state index contributed by atoms with van der Waals surface area (Å²) in [5.74, 6) is -1.39. The molecule has 0 saturated heterocycles. The number of H-pyrrole nitrogens is 1. The molecule has 0 aliphatic carbocycles. The molecule has 3 rings (SSSR count). The lowest BCUT2D eigenvalue weighted by atomic mass is 10.1. The van der Waals surface area contributed by atoms with Crippen molar-refractivity contribution < 1.29 is 19.1 Å². The molecule has 0 aliphatic rings. The molecule has 0 aliphatic heterocycles. The number of ketones is 1. The molecule has 6 heteroatoms. The molecular weight excluding hydrogens is 368 g/mol. The molecule has 0 radical (unpaired) electrons. The molecule has 0 unspecified atom stereocenters. The predicted molar refractivity (Wildman–Crippen MR) is 111 cm³/mol. The first-order valence-electron chi connectivity index (χ1n) is 9.37. The monoisotopic (exact) mass is 390 g/mol. The SMILES string of the molecule is CCc1cccc2c(C(=O)COC(=O)CNC(=O)/C=C/c3ccccc3)c[nH]c12. The van der Waals surface area contributed by atoms with Gasteiger partial charge in [-0.1, -0.05) is 55.5 Å². The zero-order valence-corrected chi connectivity index (χ0v) is 16.1. The van der Waals surface area contributed by atoms with E-state index in [4.69, 9.17) is 4.74 Å². The van der Waals surface area contributed by atoms with Gasteiger partial charge in [-0.3, -0.25) is 14.4 Å². The number of carbonyl (C=O) groups excluding carboxylic acids is 3. The Morgan fingerprint density at radius 1 is 1.07 bits per heavy atom. The van der Waals surface area contributed by atoms with Crippen LogP contribution in [-0.2, 0) is 20.7 Å². The Morgan fingerprint density at radius 3 is 2.62 bits per heavy atom. The van der Waals surface area contributed by atoms with E-state index >= 15 is 0 Å². The van der Waals surface area contributed by atoms with Gasteiger partial charge in [-0.25, -0.2) is 0 Å². The number of para-hydroxylation sites is 1. The summed E-state index contributed by atoms with van der Waals surface area (Å²) in [7, 11) is 0. The van der Waals surface area contributed by atoms with E-state index in [2.05, 4.69) is 10.3 Å². The molecule has 148 valence electrons. The van der Waals surface area contributed by atoms with Crippen molar-refractivity contribution in [3.8, 4) is 0 Å². The number of rotatable bonds is 8. The summed E-state index contributed by atoms with van der Waals surface area (Å²) in [6, 6.07) is 15.1. The Kier molecular flexibility index (Phi) is 6.58. The van der Waals surface area contributed by atoms with Gasteiger partial charge in [0.15, 0.2) is 6.61 Å². The highest BCUT2D eigenvalue weighted by Gasteiger charge is 2.15. The van der Waals surface area contributed by atoms with Crippen molar-refractivity contribution in [2.45, 2.75) is 13.3 Å². The number of aromatic nitrogens is 1. The van der Waals surface area contributed by atoms with Crippen LogP contribution in [0.5, 0.6) is 0 Å². The largest absolute Gasteiger partial charge is 0.456 e. The van der Waals surface area contributed by atoms with Gasteiger partial charge in [-0.05, 0) is 23.6 Å². The molecule has 0 spiro atoms. The first-order valence-corrected chi connectivity index (χ1v) is 9.37. The summed E-state index contributed by atoms with van der Waals surface area (Å²) in [5, 5.41) is 3.25. The number of ether oxygens (including phenoxy) is 1. The van der Waals surface area contributed by atoms with Crippen molar-refractivity contribution in [1.29, 1.82) is 0 Å². The fourth-order valence-corrected chi connectivity index (χ4v) is 2.97. The number of esters is 1. The van der Waals surface area contributed by atoms with E-state index in [0.29, 0.717) is 5.56 Å². The van der Waals surface area contributed by atoms with Gasteiger partial charge >= 0.3 is 5.97 Å². The molecule has 1 amide bonds. The lowest BCUT2D eigenvalue weighted by Gasteiger charge is -2.05. The van der Waals surface area contributed by atoms with E-state index in [1.165, 1.54) is 6.08 Å². The molecule has 2 aromatic carbocycles. The van der Waals surface area contributed by atoms with Gasteiger partial charge in [0.2, 0.25) is 11.7 Å². The number of hydrogen-bond acceptors (Lipinski definition) is 4. The quantitative estimate of drug-likeness (QED) is 0.351. The molecule has 0 atom stereocenters. The van der Waals surface area contributed by atoms with Crippen LogP contribution in [0, 0.1) is 0 Å². The topological polar surface area (TPSA) is 88.3 Å². The highest BCUT2D eigenvalue weighted by atomic mass is 16.5. The van der Waals surface area contributed by atoms with E-state index in [0.717, 1.165) is 28.5 Å². The van der Waals surface area contributed by atoms with Crippen LogP contribution < -0.4 is 5.32 Å². The van der Waals surface area contributed by atoms with Crippen molar-refractivity contribution in [3.05, 3.63) is 77.5 Å². The van der Waals surface area contributed by atoms with Crippen LogP contribution in [0.3, 0.4) is 0 Å². The third-order valence-corrected chi connectivity index (χ3v) is 4.48. The number of fused-ring (bicyclic) bond motifs is 1. The van der Waals surface area contributed by atoms with Gasteiger partial charge < -0.3 is 15.0 Å².